The quantitative estimate of drug-likeness (QED) is 0.231. The van der Waals surface area contributed by atoms with Gasteiger partial charge in [0, 0.05) is 11.3 Å². The lowest BCUT2D eigenvalue weighted by molar-refractivity contribution is 0.102. The fraction of sp³-hybridized carbons (Fsp3) is 0.107. The number of rotatable bonds is 8. The van der Waals surface area contributed by atoms with E-state index in [0.29, 0.717) is 11.4 Å². The Morgan fingerprint density at radius 3 is 1.77 bits per heavy atom. The standard InChI is InChI=1S/C28H26ClN3O5S2/c1-18-5-11-23(12-6-18)38(34,35)31-26-15-8-21(17-25(26)29)28(33)30-22-9-13-24(14-10-22)39(36,37)32-27-16-19(2)4-7-20(27)3/h4-17,31-32H,1-3H3,(H,30,33). The Morgan fingerprint density at radius 1 is 0.641 bits per heavy atom. The average molecular weight is 584 g/mol. The van der Waals surface area contributed by atoms with Crippen molar-refractivity contribution in [1.29, 1.82) is 0 Å². The Balaban J connectivity index is 1.44. The second-order valence-corrected chi connectivity index (χ2v) is 12.8. The summed E-state index contributed by atoms with van der Waals surface area (Å²) in [7, 11) is -7.70. The van der Waals surface area contributed by atoms with Crippen molar-refractivity contribution in [3.63, 3.8) is 0 Å². The van der Waals surface area contributed by atoms with Crippen molar-refractivity contribution in [3.05, 3.63) is 112 Å². The van der Waals surface area contributed by atoms with Gasteiger partial charge in [0.15, 0.2) is 0 Å². The van der Waals surface area contributed by atoms with Gasteiger partial charge in [0.25, 0.3) is 26.0 Å². The molecular formula is C28H26ClN3O5S2. The van der Waals surface area contributed by atoms with Crippen molar-refractivity contribution in [1.82, 2.24) is 0 Å². The van der Waals surface area contributed by atoms with Crippen LogP contribution in [0.4, 0.5) is 17.1 Å². The maximum absolute atomic E-state index is 12.8. The third-order valence-corrected chi connectivity index (χ3v) is 8.94. The van der Waals surface area contributed by atoms with Gasteiger partial charge in [-0.05, 0) is 92.6 Å². The molecule has 1 amide bonds. The number of hydrogen-bond acceptors (Lipinski definition) is 5. The Morgan fingerprint density at radius 2 is 1.18 bits per heavy atom. The Kier molecular flexibility index (Phi) is 8.01. The molecule has 4 aromatic carbocycles. The largest absolute Gasteiger partial charge is 0.322 e. The van der Waals surface area contributed by atoms with Crippen molar-refractivity contribution in [3.8, 4) is 0 Å². The minimum Gasteiger partial charge on any atom is -0.322 e. The molecule has 0 unspecified atom stereocenters. The van der Waals surface area contributed by atoms with E-state index in [1.54, 1.807) is 18.2 Å². The summed E-state index contributed by atoms with van der Waals surface area (Å²) < 4.78 is 56.0. The summed E-state index contributed by atoms with van der Waals surface area (Å²) in [4.78, 5) is 12.9. The highest BCUT2D eigenvalue weighted by molar-refractivity contribution is 7.93. The lowest BCUT2D eigenvalue weighted by atomic mass is 10.1. The summed E-state index contributed by atoms with van der Waals surface area (Å²) in [6, 6.07) is 21.7. The van der Waals surface area contributed by atoms with Gasteiger partial charge in [-0.15, -0.1) is 0 Å². The van der Waals surface area contributed by atoms with Crippen LogP contribution >= 0.6 is 11.6 Å². The minimum atomic E-state index is -3.86. The lowest BCUT2D eigenvalue weighted by Crippen LogP contribution is -2.15. The maximum Gasteiger partial charge on any atom is 0.261 e. The molecule has 4 aromatic rings. The average Bonchev–Trinajstić information content (AvgIpc) is 2.88. The highest BCUT2D eigenvalue weighted by atomic mass is 35.5. The zero-order chi connectivity index (χ0) is 28.4. The summed E-state index contributed by atoms with van der Waals surface area (Å²) in [6.07, 6.45) is 0. The first-order chi connectivity index (χ1) is 18.3. The molecule has 202 valence electrons. The maximum atomic E-state index is 12.8. The smallest absolute Gasteiger partial charge is 0.261 e. The van der Waals surface area contributed by atoms with Crippen molar-refractivity contribution in [2.75, 3.05) is 14.8 Å². The van der Waals surface area contributed by atoms with Gasteiger partial charge in [0.05, 0.1) is 26.2 Å². The molecule has 0 atom stereocenters. The molecule has 39 heavy (non-hydrogen) atoms. The molecule has 0 aliphatic rings. The number of aryl methyl sites for hydroxylation is 3. The number of hydrogen-bond donors (Lipinski definition) is 3. The normalized spacial score (nSPS) is 11.6. The van der Waals surface area contributed by atoms with E-state index in [-0.39, 0.29) is 26.1 Å². The number of sulfonamides is 2. The lowest BCUT2D eigenvalue weighted by Gasteiger charge is -2.13. The summed E-state index contributed by atoms with van der Waals surface area (Å²) in [5.41, 5.74) is 3.81. The summed E-state index contributed by atoms with van der Waals surface area (Å²) in [6.45, 7) is 5.54. The Bertz CT molecular complexity index is 1750. The SMILES string of the molecule is Cc1ccc(S(=O)(=O)Nc2ccc(C(=O)Nc3ccc(S(=O)(=O)Nc4cc(C)ccc4C)cc3)cc2Cl)cc1. The van der Waals surface area contributed by atoms with E-state index in [0.717, 1.165) is 16.7 Å². The fourth-order valence-corrected chi connectivity index (χ4v) is 6.12. The van der Waals surface area contributed by atoms with Crippen LogP contribution in [0.3, 0.4) is 0 Å². The van der Waals surface area contributed by atoms with Crippen LogP contribution in [0.2, 0.25) is 5.02 Å². The van der Waals surface area contributed by atoms with Crippen molar-refractivity contribution in [2.24, 2.45) is 0 Å². The molecular weight excluding hydrogens is 558 g/mol. The number of halogens is 1. The molecule has 0 heterocycles. The first-order valence-electron chi connectivity index (χ1n) is 11.7. The number of carbonyl (C=O) groups excluding carboxylic acids is 1. The molecule has 11 heteroatoms. The van der Waals surface area contributed by atoms with Crippen LogP contribution in [-0.4, -0.2) is 22.7 Å². The van der Waals surface area contributed by atoms with E-state index in [1.807, 2.05) is 32.9 Å². The van der Waals surface area contributed by atoms with Gasteiger partial charge in [-0.3, -0.25) is 14.2 Å². The second-order valence-electron chi connectivity index (χ2n) is 9.02. The predicted octanol–water partition coefficient (Wildman–Crippen LogP) is 6.12. The highest BCUT2D eigenvalue weighted by Crippen LogP contribution is 2.27. The predicted molar refractivity (Wildman–Crippen MR) is 155 cm³/mol. The monoisotopic (exact) mass is 583 g/mol. The van der Waals surface area contributed by atoms with E-state index < -0.39 is 26.0 Å². The molecule has 0 radical (unpaired) electrons. The molecule has 0 bridgehead atoms. The van der Waals surface area contributed by atoms with Gasteiger partial charge in [-0.2, -0.15) is 0 Å². The van der Waals surface area contributed by atoms with E-state index in [9.17, 15) is 21.6 Å². The van der Waals surface area contributed by atoms with Gasteiger partial charge in [-0.1, -0.05) is 41.4 Å². The van der Waals surface area contributed by atoms with Crippen LogP contribution < -0.4 is 14.8 Å². The molecule has 0 aromatic heterocycles. The zero-order valence-corrected chi connectivity index (χ0v) is 23.7. The minimum absolute atomic E-state index is 0.0367. The van der Waals surface area contributed by atoms with Gasteiger partial charge >= 0.3 is 0 Å². The summed E-state index contributed by atoms with van der Waals surface area (Å²) >= 11 is 6.27. The van der Waals surface area contributed by atoms with Gasteiger partial charge in [-0.25, -0.2) is 16.8 Å². The van der Waals surface area contributed by atoms with E-state index in [4.69, 9.17) is 11.6 Å². The van der Waals surface area contributed by atoms with Gasteiger partial charge in [0.2, 0.25) is 0 Å². The van der Waals surface area contributed by atoms with Crippen LogP contribution in [0.15, 0.2) is 94.7 Å². The number of anilines is 3. The van der Waals surface area contributed by atoms with Crippen LogP contribution in [0.25, 0.3) is 0 Å². The number of carbonyl (C=O) groups is 1. The molecule has 0 saturated heterocycles. The molecule has 4 rings (SSSR count). The van der Waals surface area contributed by atoms with Gasteiger partial charge in [0.1, 0.15) is 0 Å². The number of amides is 1. The second kappa shape index (κ2) is 11.1. The van der Waals surface area contributed by atoms with Crippen LogP contribution in [-0.2, 0) is 20.0 Å². The van der Waals surface area contributed by atoms with E-state index in [2.05, 4.69) is 14.8 Å². The zero-order valence-electron chi connectivity index (χ0n) is 21.3. The van der Waals surface area contributed by atoms with Crippen molar-refractivity contribution >= 4 is 54.6 Å². The Hall–Kier alpha value is -3.86. The third-order valence-electron chi connectivity index (χ3n) is 5.87. The summed E-state index contributed by atoms with van der Waals surface area (Å²) in [5, 5.41) is 2.72. The van der Waals surface area contributed by atoms with Crippen LogP contribution in [0, 0.1) is 20.8 Å². The fourth-order valence-electron chi connectivity index (χ4n) is 3.63. The topological polar surface area (TPSA) is 121 Å². The molecule has 8 nitrogen and oxygen atoms in total. The number of nitrogens with one attached hydrogen (secondary N) is 3. The molecule has 0 spiro atoms. The third kappa shape index (κ3) is 6.78. The highest BCUT2D eigenvalue weighted by Gasteiger charge is 2.18. The Labute approximate surface area is 233 Å². The summed E-state index contributed by atoms with van der Waals surface area (Å²) in [5.74, 6) is -0.506. The van der Waals surface area contributed by atoms with Crippen molar-refractivity contribution < 1.29 is 21.6 Å². The van der Waals surface area contributed by atoms with E-state index in [1.165, 1.54) is 54.6 Å². The molecule has 0 saturated carbocycles. The molecule has 0 fully saturated rings. The first-order valence-corrected chi connectivity index (χ1v) is 15.1. The molecule has 3 N–H and O–H groups in total. The van der Waals surface area contributed by atoms with Crippen LogP contribution in [0.1, 0.15) is 27.0 Å². The first kappa shape index (κ1) is 28.2. The van der Waals surface area contributed by atoms with E-state index >= 15 is 0 Å². The van der Waals surface area contributed by atoms with Gasteiger partial charge < -0.3 is 5.32 Å². The molecule has 0 aliphatic carbocycles. The molecule has 0 aliphatic heterocycles. The number of benzene rings is 4. The van der Waals surface area contributed by atoms with Crippen molar-refractivity contribution in [2.45, 2.75) is 30.6 Å². The van der Waals surface area contributed by atoms with Crippen LogP contribution in [0.5, 0.6) is 0 Å².